The molecule has 2 aromatic carbocycles. The van der Waals surface area contributed by atoms with Crippen LogP contribution in [0.25, 0.3) is 11.4 Å². The first-order valence-corrected chi connectivity index (χ1v) is 9.31. The van der Waals surface area contributed by atoms with Crippen LogP contribution in [0, 0.1) is 0 Å². The van der Waals surface area contributed by atoms with Gasteiger partial charge in [0.15, 0.2) is 0 Å². The lowest BCUT2D eigenvalue weighted by Gasteiger charge is -2.16. The van der Waals surface area contributed by atoms with Crippen molar-refractivity contribution >= 4 is 0 Å². The lowest BCUT2D eigenvalue weighted by molar-refractivity contribution is 0.244. The first kappa shape index (κ1) is 19.8. The predicted molar refractivity (Wildman–Crippen MR) is 109 cm³/mol. The molecular formula is C22H25N3O3. The molecule has 3 rings (SSSR count). The second kappa shape index (κ2) is 9.82. The highest BCUT2D eigenvalue weighted by molar-refractivity contribution is 5.55. The van der Waals surface area contributed by atoms with Crippen molar-refractivity contribution in [2.75, 3.05) is 20.2 Å². The standard InChI is InChI=1S/C22H25N3O3/c1-25(12-5-13-26)15-17-8-10-18(11-9-17)22-23-19(14-21(27)24-22)16-28-20-6-3-2-4-7-20/h2-4,6-11,14,26H,5,12-13,15-16H2,1H3,(H,23,24,27). The Balaban J connectivity index is 1.69. The molecule has 6 nitrogen and oxygen atoms in total. The van der Waals surface area contributed by atoms with Crippen molar-refractivity contribution in [1.82, 2.24) is 14.9 Å². The first-order chi connectivity index (χ1) is 13.6. The second-order valence-corrected chi connectivity index (χ2v) is 6.70. The predicted octanol–water partition coefficient (Wildman–Crippen LogP) is 2.83. The zero-order chi connectivity index (χ0) is 19.8. The number of aliphatic hydroxyl groups is 1. The molecule has 0 saturated heterocycles. The quantitative estimate of drug-likeness (QED) is 0.598. The molecule has 0 fully saturated rings. The Morgan fingerprint density at radius 2 is 1.86 bits per heavy atom. The fourth-order valence-electron chi connectivity index (χ4n) is 2.89. The van der Waals surface area contributed by atoms with Crippen LogP contribution in [0.3, 0.4) is 0 Å². The number of nitrogens with zero attached hydrogens (tertiary/aromatic N) is 2. The van der Waals surface area contributed by atoms with E-state index in [1.54, 1.807) is 0 Å². The van der Waals surface area contributed by atoms with Crippen molar-refractivity contribution < 1.29 is 9.84 Å². The SMILES string of the molecule is CN(CCCO)Cc1ccc(-c2nc(COc3ccccc3)cc(=O)[nH]2)cc1. The minimum atomic E-state index is -0.204. The van der Waals surface area contributed by atoms with Gasteiger partial charge >= 0.3 is 0 Å². The molecule has 2 N–H and O–H groups in total. The van der Waals surface area contributed by atoms with Crippen LogP contribution in [0.15, 0.2) is 65.5 Å². The van der Waals surface area contributed by atoms with Crippen LogP contribution >= 0.6 is 0 Å². The summed E-state index contributed by atoms with van der Waals surface area (Å²) in [6.45, 7) is 2.08. The van der Waals surface area contributed by atoms with E-state index in [0.29, 0.717) is 11.5 Å². The Kier molecular flexibility index (Phi) is 6.94. The van der Waals surface area contributed by atoms with Crippen molar-refractivity contribution in [3.63, 3.8) is 0 Å². The molecule has 0 amide bonds. The molecule has 0 aliphatic heterocycles. The molecule has 1 heterocycles. The van der Waals surface area contributed by atoms with Crippen LogP contribution in [-0.2, 0) is 13.2 Å². The third-order valence-electron chi connectivity index (χ3n) is 4.30. The van der Waals surface area contributed by atoms with Gasteiger partial charge in [-0.3, -0.25) is 4.79 Å². The number of nitrogens with one attached hydrogen (secondary N) is 1. The van der Waals surface area contributed by atoms with E-state index in [9.17, 15) is 4.79 Å². The Morgan fingerprint density at radius 1 is 1.11 bits per heavy atom. The van der Waals surface area contributed by atoms with Gasteiger partial charge < -0.3 is 19.7 Å². The number of benzene rings is 2. The number of hydrogen-bond acceptors (Lipinski definition) is 5. The molecule has 0 radical (unpaired) electrons. The van der Waals surface area contributed by atoms with Gasteiger partial charge in [0.2, 0.25) is 0 Å². The Labute approximate surface area is 164 Å². The maximum absolute atomic E-state index is 12.0. The van der Waals surface area contributed by atoms with Gasteiger partial charge in [-0.25, -0.2) is 4.98 Å². The fraction of sp³-hybridized carbons (Fsp3) is 0.273. The van der Waals surface area contributed by atoms with E-state index in [1.165, 1.54) is 6.07 Å². The molecule has 6 heteroatoms. The van der Waals surface area contributed by atoms with Crippen molar-refractivity contribution in [3.8, 4) is 17.1 Å². The normalized spacial score (nSPS) is 11.0. The molecule has 0 unspecified atom stereocenters. The summed E-state index contributed by atoms with van der Waals surface area (Å²) in [5.41, 5.74) is 2.38. The molecule has 1 aromatic heterocycles. The van der Waals surface area contributed by atoms with E-state index in [4.69, 9.17) is 9.84 Å². The molecule has 28 heavy (non-hydrogen) atoms. The first-order valence-electron chi connectivity index (χ1n) is 9.31. The summed E-state index contributed by atoms with van der Waals surface area (Å²) < 4.78 is 5.69. The van der Waals surface area contributed by atoms with Crippen molar-refractivity contribution in [2.24, 2.45) is 0 Å². The van der Waals surface area contributed by atoms with E-state index >= 15 is 0 Å². The van der Waals surface area contributed by atoms with Gasteiger partial charge in [-0.1, -0.05) is 42.5 Å². The number of para-hydroxylation sites is 1. The maximum atomic E-state index is 12.0. The summed E-state index contributed by atoms with van der Waals surface area (Å²) in [7, 11) is 2.03. The highest BCUT2D eigenvalue weighted by Gasteiger charge is 2.06. The van der Waals surface area contributed by atoms with Crippen molar-refractivity contribution in [1.29, 1.82) is 0 Å². The van der Waals surface area contributed by atoms with Crippen LogP contribution in [0.4, 0.5) is 0 Å². The summed E-state index contributed by atoms with van der Waals surface area (Å²) in [6, 6.07) is 18.9. The molecule has 0 atom stereocenters. The van der Waals surface area contributed by atoms with E-state index in [0.717, 1.165) is 36.4 Å². The van der Waals surface area contributed by atoms with Gasteiger partial charge in [0, 0.05) is 31.3 Å². The van der Waals surface area contributed by atoms with Gasteiger partial charge in [0.05, 0.1) is 5.69 Å². The Hall–Kier alpha value is -2.96. The number of aromatic nitrogens is 2. The largest absolute Gasteiger partial charge is 0.487 e. The lowest BCUT2D eigenvalue weighted by atomic mass is 10.1. The summed E-state index contributed by atoms with van der Waals surface area (Å²) in [5, 5.41) is 8.92. The van der Waals surface area contributed by atoms with Crippen LogP contribution in [0.5, 0.6) is 5.75 Å². The molecule has 0 aliphatic rings. The average Bonchev–Trinajstić information content (AvgIpc) is 2.72. The Morgan fingerprint density at radius 3 is 2.57 bits per heavy atom. The second-order valence-electron chi connectivity index (χ2n) is 6.70. The van der Waals surface area contributed by atoms with Gasteiger partial charge in [-0.15, -0.1) is 0 Å². The molecule has 0 aliphatic carbocycles. The zero-order valence-corrected chi connectivity index (χ0v) is 16.0. The minimum Gasteiger partial charge on any atom is -0.487 e. The van der Waals surface area contributed by atoms with Gasteiger partial charge in [0.25, 0.3) is 5.56 Å². The molecule has 0 spiro atoms. The molecular weight excluding hydrogens is 354 g/mol. The van der Waals surface area contributed by atoms with E-state index < -0.39 is 0 Å². The van der Waals surface area contributed by atoms with Crippen molar-refractivity contribution in [2.45, 2.75) is 19.6 Å². The third-order valence-corrected chi connectivity index (χ3v) is 4.30. The summed E-state index contributed by atoms with van der Waals surface area (Å²) >= 11 is 0. The minimum absolute atomic E-state index is 0.201. The summed E-state index contributed by atoms with van der Waals surface area (Å²) in [6.07, 6.45) is 0.761. The Bertz CT molecular complexity index is 924. The number of aliphatic hydroxyl groups excluding tert-OH is 1. The fourth-order valence-corrected chi connectivity index (χ4v) is 2.89. The van der Waals surface area contributed by atoms with Gasteiger partial charge in [-0.2, -0.15) is 0 Å². The van der Waals surface area contributed by atoms with Crippen molar-refractivity contribution in [3.05, 3.63) is 82.3 Å². The van der Waals surface area contributed by atoms with Crippen LogP contribution < -0.4 is 10.3 Å². The molecule has 3 aromatic rings. The number of hydrogen-bond donors (Lipinski definition) is 2. The average molecular weight is 379 g/mol. The van der Waals surface area contributed by atoms with Gasteiger partial charge in [0.1, 0.15) is 18.2 Å². The van der Waals surface area contributed by atoms with E-state index in [-0.39, 0.29) is 18.8 Å². The summed E-state index contributed by atoms with van der Waals surface area (Å²) in [5.74, 6) is 1.26. The number of H-pyrrole nitrogens is 1. The number of aromatic amines is 1. The highest BCUT2D eigenvalue weighted by atomic mass is 16.5. The number of ether oxygens (including phenoxy) is 1. The van der Waals surface area contributed by atoms with Crippen LogP contribution in [0.1, 0.15) is 17.7 Å². The highest BCUT2D eigenvalue weighted by Crippen LogP contribution is 2.17. The molecule has 0 saturated carbocycles. The van der Waals surface area contributed by atoms with E-state index in [2.05, 4.69) is 14.9 Å². The third kappa shape index (κ3) is 5.77. The molecule has 0 bridgehead atoms. The molecule has 146 valence electrons. The maximum Gasteiger partial charge on any atom is 0.251 e. The zero-order valence-electron chi connectivity index (χ0n) is 16.0. The smallest absolute Gasteiger partial charge is 0.251 e. The number of rotatable bonds is 9. The monoisotopic (exact) mass is 379 g/mol. The van der Waals surface area contributed by atoms with Crippen LogP contribution in [0.2, 0.25) is 0 Å². The lowest BCUT2D eigenvalue weighted by Crippen LogP contribution is -2.19. The van der Waals surface area contributed by atoms with Gasteiger partial charge in [-0.05, 0) is 31.2 Å². The van der Waals surface area contributed by atoms with Crippen LogP contribution in [-0.4, -0.2) is 40.2 Å². The topological polar surface area (TPSA) is 78.5 Å². The van der Waals surface area contributed by atoms with E-state index in [1.807, 2.05) is 61.6 Å². The summed E-state index contributed by atoms with van der Waals surface area (Å²) in [4.78, 5) is 21.5.